The van der Waals surface area contributed by atoms with Gasteiger partial charge in [0.25, 0.3) is 0 Å². The largest absolute Gasteiger partial charge is 0.490 e. The Kier molecular flexibility index (Phi) is 5.24. The van der Waals surface area contributed by atoms with Crippen LogP contribution in [-0.2, 0) is 0 Å². The minimum atomic E-state index is 0.392. The maximum atomic E-state index is 9.06. The molecule has 0 bridgehead atoms. The van der Waals surface area contributed by atoms with Crippen LogP contribution >= 0.6 is 15.9 Å². The second kappa shape index (κ2) is 7.14. The van der Waals surface area contributed by atoms with Crippen molar-refractivity contribution in [3.05, 3.63) is 57.6 Å². The molecule has 0 aliphatic heterocycles. The van der Waals surface area contributed by atoms with E-state index < -0.39 is 0 Å². The van der Waals surface area contributed by atoms with Crippen LogP contribution in [0.1, 0.15) is 16.7 Å². The third-order valence-electron chi connectivity index (χ3n) is 2.99. The fourth-order valence-electron chi connectivity index (χ4n) is 1.98. The van der Waals surface area contributed by atoms with Crippen LogP contribution in [0.4, 0.5) is 0 Å². The Morgan fingerprint density at radius 1 is 1.00 bits per heavy atom. The molecule has 2 aromatic carbocycles. The summed E-state index contributed by atoms with van der Waals surface area (Å²) in [5, 5.41) is 9.06. The van der Waals surface area contributed by atoms with E-state index in [2.05, 4.69) is 35.0 Å². The van der Waals surface area contributed by atoms with Gasteiger partial charge >= 0.3 is 0 Å². The molecule has 0 fully saturated rings. The van der Waals surface area contributed by atoms with Crippen LogP contribution < -0.4 is 9.47 Å². The Bertz CT molecular complexity index is 677. The van der Waals surface area contributed by atoms with Crippen LogP contribution in [0.3, 0.4) is 0 Å². The van der Waals surface area contributed by atoms with Crippen molar-refractivity contribution in [3.8, 4) is 17.6 Å². The monoisotopic (exact) mass is 345 g/mol. The summed E-state index contributed by atoms with van der Waals surface area (Å²) in [6.07, 6.45) is 0. The van der Waals surface area contributed by atoms with Crippen molar-refractivity contribution < 1.29 is 9.47 Å². The molecule has 0 radical (unpaired) electrons. The Labute approximate surface area is 133 Å². The lowest BCUT2D eigenvalue weighted by Crippen LogP contribution is -2.10. The molecule has 0 saturated heterocycles. The Hall–Kier alpha value is -1.99. The first kappa shape index (κ1) is 15.4. The predicted octanol–water partition coefficient (Wildman–Crippen LogP) is 4.40. The summed E-state index contributed by atoms with van der Waals surface area (Å²) < 4.78 is 12.2. The number of benzene rings is 2. The number of rotatable bonds is 5. The quantitative estimate of drug-likeness (QED) is 0.754. The average molecular weight is 346 g/mol. The van der Waals surface area contributed by atoms with E-state index in [4.69, 9.17) is 14.7 Å². The highest BCUT2D eigenvalue weighted by atomic mass is 79.9. The van der Waals surface area contributed by atoms with Crippen molar-refractivity contribution >= 4 is 15.9 Å². The maximum absolute atomic E-state index is 9.06. The average Bonchev–Trinajstić information content (AvgIpc) is 2.46. The van der Waals surface area contributed by atoms with Crippen molar-refractivity contribution in [2.75, 3.05) is 13.2 Å². The standard InChI is InChI=1S/C17H16BrNO2/c1-12-3-5-16(13(2)9-12)20-7-8-21-17-6-4-15(18)10-14(17)11-19/h3-6,9-10H,7-8H2,1-2H3. The van der Waals surface area contributed by atoms with E-state index in [0.717, 1.165) is 15.8 Å². The molecule has 21 heavy (non-hydrogen) atoms. The smallest absolute Gasteiger partial charge is 0.137 e. The summed E-state index contributed by atoms with van der Waals surface area (Å²) in [6, 6.07) is 13.5. The van der Waals surface area contributed by atoms with Crippen molar-refractivity contribution in [2.24, 2.45) is 0 Å². The molecule has 0 saturated carbocycles. The van der Waals surface area contributed by atoms with Gasteiger partial charge in [0, 0.05) is 4.47 Å². The van der Waals surface area contributed by atoms with Crippen LogP contribution in [0.5, 0.6) is 11.5 Å². The van der Waals surface area contributed by atoms with Crippen LogP contribution in [-0.4, -0.2) is 13.2 Å². The fraction of sp³-hybridized carbons (Fsp3) is 0.235. The van der Waals surface area contributed by atoms with Crippen molar-refractivity contribution in [1.29, 1.82) is 5.26 Å². The normalized spacial score (nSPS) is 10.0. The molecule has 0 spiro atoms. The molecule has 0 heterocycles. The number of hydrogen-bond acceptors (Lipinski definition) is 3. The minimum absolute atomic E-state index is 0.392. The van der Waals surface area contributed by atoms with E-state index in [-0.39, 0.29) is 0 Å². The summed E-state index contributed by atoms with van der Waals surface area (Å²) in [4.78, 5) is 0. The Morgan fingerprint density at radius 2 is 1.67 bits per heavy atom. The van der Waals surface area contributed by atoms with E-state index in [0.29, 0.717) is 24.5 Å². The highest BCUT2D eigenvalue weighted by molar-refractivity contribution is 9.10. The summed E-state index contributed by atoms with van der Waals surface area (Å²) >= 11 is 3.33. The van der Waals surface area contributed by atoms with E-state index in [1.165, 1.54) is 5.56 Å². The van der Waals surface area contributed by atoms with Gasteiger partial charge in [0.2, 0.25) is 0 Å². The maximum Gasteiger partial charge on any atom is 0.137 e. The number of ether oxygens (including phenoxy) is 2. The van der Waals surface area contributed by atoms with Gasteiger partial charge in [-0.1, -0.05) is 33.6 Å². The second-order valence-electron chi connectivity index (χ2n) is 4.72. The van der Waals surface area contributed by atoms with Crippen molar-refractivity contribution in [2.45, 2.75) is 13.8 Å². The van der Waals surface area contributed by atoms with E-state index in [1.807, 2.05) is 25.1 Å². The molecule has 3 nitrogen and oxygen atoms in total. The van der Waals surface area contributed by atoms with Gasteiger partial charge in [0.1, 0.15) is 30.8 Å². The molecule has 0 unspecified atom stereocenters. The fourth-order valence-corrected chi connectivity index (χ4v) is 2.34. The predicted molar refractivity (Wildman–Crippen MR) is 85.8 cm³/mol. The minimum Gasteiger partial charge on any atom is -0.490 e. The van der Waals surface area contributed by atoms with Crippen LogP contribution in [0.25, 0.3) is 0 Å². The van der Waals surface area contributed by atoms with Gasteiger partial charge in [-0.2, -0.15) is 5.26 Å². The van der Waals surface area contributed by atoms with Gasteiger partial charge in [-0.25, -0.2) is 0 Å². The molecule has 0 aliphatic carbocycles. The topological polar surface area (TPSA) is 42.2 Å². The number of aryl methyl sites for hydroxylation is 2. The van der Waals surface area contributed by atoms with E-state index in [9.17, 15) is 0 Å². The Balaban J connectivity index is 1.89. The first-order chi connectivity index (χ1) is 10.1. The molecule has 0 amide bonds. The molecule has 2 aromatic rings. The zero-order valence-electron chi connectivity index (χ0n) is 12.0. The SMILES string of the molecule is Cc1ccc(OCCOc2ccc(Br)cc2C#N)c(C)c1. The zero-order chi connectivity index (χ0) is 15.2. The van der Waals surface area contributed by atoms with Gasteiger partial charge in [0.05, 0.1) is 5.56 Å². The lowest BCUT2D eigenvalue weighted by molar-refractivity contribution is 0.216. The Morgan fingerprint density at radius 3 is 2.33 bits per heavy atom. The van der Waals surface area contributed by atoms with Crippen LogP contribution in [0.2, 0.25) is 0 Å². The molecule has 0 atom stereocenters. The van der Waals surface area contributed by atoms with Gasteiger partial charge in [0.15, 0.2) is 0 Å². The van der Waals surface area contributed by atoms with Crippen LogP contribution in [0.15, 0.2) is 40.9 Å². The molecule has 4 heteroatoms. The van der Waals surface area contributed by atoms with Gasteiger partial charge in [-0.05, 0) is 43.7 Å². The van der Waals surface area contributed by atoms with Crippen LogP contribution in [0, 0.1) is 25.2 Å². The number of nitrogens with zero attached hydrogens (tertiary/aromatic N) is 1. The highest BCUT2D eigenvalue weighted by Crippen LogP contribution is 2.22. The molecule has 0 aliphatic rings. The lowest BCUT2D eigenvalue weighted by Gasteiger charge is -2.11. The first-order valence-electron chi connectivity index (χ1n) is 6.62. The highest BCUT2D eigenvalue weighted by Gasteiger charge is 2.04. The van der Waals surface area contributed by atoms with Gasteiger partial charge in [-0.3, -0.25) is 0 Å². The van der Waals surface area contributed by atoms with E-state index >= 15 is 0 Å². The summed E-state index contributed by atoms with van der Waals surface area (Å²) in [5.74, 6) is 1.44. The molecular formula is C17H16BrNO2. The van der Waals surface area contributed by atoms with Gasteiger partial charge < -0.3 is 9.47 Å². The summed E-state index contributed by atoms with van der Waals surface area (Å²) in [7, 11) is 0. The van der Waals surface area contributed by atoms with Crippen molar-refractivity contribution in [3.63, 3.8) is 0 Å². The second-order valence-corrected chi connectivity index (χ2v) is 5.63. The lowest BCUT2D eigenvalue weighted by atomic mass is 10.1. The van der Waals surface area contributed by atoms with E-state index in [1.54, 1.807) is 12.1 Å². The third-order valence-corrected chi connectivity index (χ3v) is 3.48. The number of nitriles is 1. The zero-order valence-corrected chi connectivity index (χ0v) is 13.6. The first-order valence-corrected chi connectivity index (χ1v) is 7.42. The third kappa shape index (κ3) is 4.24. The number of halogens is 1. The molecule has 2 rings (SSSR count). The summed E-state index contributed by atoms with van der Waals surface area (Å²) in [5.41, 5.74) is 2.83. The molecule has 0 N–H and O–H groups in total. The molecular weight excluding hydrogens is 330 g/mol. The van der Waals surface area contributed by atoms with Crippen molar-refractivity contribution in [1.82, 2.24) is 0 Å². The molecule has 0 aromatic heterocycles. The van der Waals surface area contributed by atoms with Gasteiger partial charge in [-0.15, -0.1) is 0 Å². The molecule has 108 valence electrons. The summed E-state index contributed by atoms with van der Waals surface area (Å²) in [6.45, 7) is 4.90. The number of hydrogen-bond donors (Lipinski definition) is 0.